The van der Waals surface area contributed by atoms with Crippen LogP contribution in [0.15, 0.2) is 24.3 Å². The standard InChI is InChI=1S/C13H20O/c1-12-10-8-6-4-2-3-5-7-9-11-13(12)14/h3,5-6,8,12H,2,4,7,9-11H2,1H3/b5-3+,8-6?. The first kappa shape index (κ1) is 11.2. The summed E-state index contributed by atoms with van der Waals surface area (Å²) < 4.78 is 0. The van der Waals surface area contributed by atoms with Gasteiger partial charge in [0.25, 0.3) is 0 Å². The summed E-state index contributed by atoms with van der Waals surface area (Å²) in [6.45, 7) is 2.04. The maximum absolute atomic E-state index is 11.6. The fourth-order valence-corrected chi connectivity index (χ4v) is 1.62. The molecule has 0 radical (unpaired) electrons. The zero-order valence-electron chi connectivity index (χ0n) is 9.04. The molecule has 0 aromatic rings. The third-order valence-electron chi connectivity index (χ3n) is 2.67. The summed E-state index contributed by atoms with van der Waals surface area (Å²) in [6, 6.07) is 0. The van der Waals surface area contributed by atoms with E-state index < -0.39 is 0 Å². The van der Waals surface area contributed by atoms with Crippen molar-refractivity contribution in [3.05, 3.63) is 24.3 Å². The second-order valence-electron chi connectivity index (χ2n) is 4.02. The molecule has 0 bridgehead atoms. The van der Waals surface area contributed by atoms with Crippen LogP contribution < -0.4 is 0 Å². The zero-order chi connectivity index (χ0) is 10.2. The van der Waals surface area contributed by atoms with Crippen LogP contribution in [-0.2, 0) is 4.79 Å². The van der Waals surface area contributed by atoms with E-state index in [2.05, 4.69) is 24.3 Å². The highest BCUT2D eigenvalue weighted by atomic mass is 16.1. The Balaban J connectivity index is 2.45. The Morgan fingerprint density at radius 1 is 1.07 bits per heavy atom. The third kappa shape index (κ3) is 4.40. The van der Waals surface area contributed by atoms with E-state index in [1.54, 1.807) is 0 Å². The molecular weight excluding hydrogens is 172 g/mol. The van der Waals surface area contributed by atoms with Gasteiger partial charge in [0.05, 0.1) is 0 Å². The van der Waals surface area contributed by atoms with Crippen molar-refractivity contribution in [2.45, 2.75) is 45.4 Å². The average Bonchev–Trinajstić information content (AvgIpc) is 2.18. The molecule has 1 atom stereocenters. The lowest BCUT2D eigenvalue weighted by Gasteiger charge is -2.07. The van der Waals surface area contributed by atoms with E-state index in [9.17, 15) is 4.79 Å². The van der Waals surface area contributed by atoms with Crippen LogP contribution in [0.4, 0.5) is 0 Å². The van der Waals surface area contributed by atoms with Crippen molar-refractivity contribution >= 4 is 5.78 Å². The number of carbonyl (C=O) groups is 1. The van der Waals surface area contributed by atoms with Crippen molar-refractivity contribution in [1.82, 2.24) is 0 Å². The van der Waals surface area contributed by atoms with Crippen LogP contribution >= 0.6 is 0 Å². The van der Waals surface area contributed by atoms with E-state index in [-0.39, 0.29) is 5.92 Å². The fourth-order valence-electron chi connectivity index (χ4n) is 1.62. The van der Waals surface area contributed by atoms with Gasteiger partial charge in [0.1, 0.15) is 5.78 Å². The molecule has 0 spiro atoms. The second-order valence-corrected chi connectivity index (χ2v) is 4.02. The Hall–Kier alpha value is -0.850. The molecule has 0 amide bonds. The molecule has 0 fully saturated rings. The average molecular weight is 192 g/mol. The van der Waals surface area contributed by atoms with Crippen LogP contribution in [-0.4, -0.2) is 5.78 Å². The smallest absolute Gasteiger partial charge is 0.136 e. The highest BCUT2D eigenvalue weighted by molar-refractivity contribution is 5.80. The van der Waals surface area contributed by atoms with Crippen LogP contribution in [0.5, 0.6) is 0 Å². The monoisotopic (exact) mass is 192 g/mol. The molecule has 0 aromatic carbocycles. The summed E-state index contributed by atoms with van der Waals surface area (Å²) in [5.74, 6) is 0.637. The largest absolute Gasteiger partial charge is 0.299 e. The minimum absolute atomic E-state index is 0.217. The van der Waals surface area contributed by atoms with Gasteiger partial charge in [-0.1, -0.05) is 31.2 Å². The first-order chi connectivity index (χ1) is 6.80. The zero-order valence-corrected chi connectivity index (χ0v) is 9.04. The van der Waals surface area contributed by atoms with Gasteiger partial charge in [-0.3, -0.25) is 4.79 Å². The minimum Gasteiger partial charge on any atom is -0.299 e. The normalized spacial score (nSPS) is 27.8. The van der Waals surface area contributed by atoms with Crippen molar-refractivity contribution in [2.75, 3.05) is 0 Å². The van der Waals surface area contributed by atoms with Crippen LogP contribution in [0.3, 0.4) is 0 Å². The van der Waals surface area contributed by atoms with Gasteiger partial charge in [0.15, 0.2) is 0 Å². The van der Waals surface area contributed by atoms with Crippen LogP contribution in [0, 0.1) is 5.92 Å². The number of allylic oxidation sites excluding steroid dienone is 4. The van der Waals surface area contributed by atoms with Crippen molar-refractivity contribution < 1.29 is 4.79 Å². The molecule has 1 heteroatoms. The maximum Gasteiger partial charge on any atom is 0.136 e. The van der Waals surface area contributed by atoms with Gasteiger partial charge in [-0.25, -0.2) is 0 Å². The summed E-state index contributed by atoms with van der Waals surface area (Å²) in [5, 5.41) is 0. The Kier molecular flexibility index (Phi) is 5.28. The molecule has 1 aliphatic carbocycles. The SMILES string of the molecule is CC1CC=CCC/C=C/CCCC1=O. The summed E-state index contributed by atoms with van der Waals surface area (Å²) >= 11 is 0. The van der Waals surface area contributed by atoms with Crippen LogP contribution in [0.25, 0.3) is 0 Å². The predicted molar refractivity (Wildman–Crippen MR) is 60.2 cm³/mol. The number of Topliss-reactive ketones (excluding diaryl/α,β-unsaturated/α-hetero) is 1. The third-order valence-corrected chi connectivity index (χ3v) is 2.67. The molecule has 0 saturated heterocycles. The summed E-state index contributed by atoms with van der Waals surface area (Å²) in [6.07, 6.45) is 14.8. The molecule has 14 heavy (non-hydrogen) atoms. The van der Waals surface area contributed by atoms with Crippen molar-refractivity contribution in [3.8, 4) is 0 Å². The molecule has 78 valence electrons. The highest BCUT2D eigenvalue weighted by Gasteiger charge is 2.10. The van der Waals surface area contributed by atoms with E-state index in [0.29, 0.717) is 5.78 Å². The lowest BCUT2D eigenvalue weighted by molar-refractivity contribution is -0.122. The van der Waals surface area contributed by atoms with Gasteiger partial charge in [-0.2, -0.15) is 0 Å². The summed E-state index contributed by atoms with van der Waals surface area (Å²) in [7, 11) is 0. The number of hydrogen-bond donors (Lipinski definition) is 0. The van der Waals surface area contributed by atoms with Gasteiger partial charge >= 0.3 is 0 Å². The molecular formula is C13H20O. The second kappa shape index (κ2) is 6.58. The van der Waals surface area contributed by atoms with E-state index in [1.807, 2.05) is 6.92 Å². The molecule has 0 aliphatic heterocycles. The highest BCUT2D eigenvalue weighted by Crippen LogP contribution is 2.11. The summed E-state index contributed by atoms with van der Waals surface area (Å²) in [4.78, 5) is 11.6. The molecule has 0 saturated carbocycles. The predicted octanol–water partition coefficient (Wildman–Crippen LogP) is 3.66. The van der Waals surface area contributed by atoms with Gasteiger partial charge in [-0.15, -0.1) is 0 Å². The number of rotatable bonds is 0. The molecule has 1 nitrogen and oxygen atoms in total. The summed E-state index contributed by atoms with van der Waals surface area (Å²) in [5.41, 5.74) is 0. The Bertz CT molecular complexity index is 225. The molecule has 0 N–H and O–H groups in total. The lowest BCUT2D eigenvalue weighted by Crippen LogP contribution is -2.09. The van der Waals surface area contributed by atoms with Crippen molar-refractivity contribution in [3.63, 3.8) is 0 Å². The van der Waals surface area contributed by atoms with E-state index >= 15 is 0 Å². The molecule has 1 aliphatic rings. The topological polar surface area (TPSA) is 17.1 Å². The fraction of sp³-hybridized carbons (Fsp3) is 0.615. The van der Waals surface area contributed by atoms with Gasteiger partial charge in [0, 0.05) is 12.3 Å². The van der Waals surface area contributed by atoms with Crippen molar-refractivity contribution in [2.24, 2.45) is 5.92 Å². The molecule has 0 heterocycles. The first-order valence-electron chi connectivity index (χ1n) is 5.63. The number of carbonyl (C=O) groups excluding carboxylic acids is 1. The lowest BCUT2D eigenvalue weighted by atomic mass is 9.97. The number of ketones is 1. The molecule has 1 rings (SSSR count). The van der Waals surface area contributed by atoms with Crippen LogP contribution in [0.1, 0.15) is 45.4 Å². The van der Waals surface area contributed by atoms with Gasteiger partial charge < -0.3 is 0 Å². The van der Waals surface area contributed by atoms with E-state index in [1.165, 1.54) is 0 Å². The Labute approximate surface area is 86.9 Å². The number of hydrogen-bond acceptors (Lipinski definition) is 1. The minimum atomic E-state index is 0.217. The Morgan fingerprint density at radius 2 is 1.71 bits per heavy atom. The van der Waals surface area contributed by atoms with Crippen LogP contribution in [0.2, 0.25) is 0 Å². The van der Waals surface area contributed by atoms with Gasteiger partial charge in [0.2, 0.25) is 0 Å². The van der Waals surface area contributed by atoms with E-state index in [4.69, 9.17) is 0 Å². The molecule has 0 aromatic heterocycles. The quantitative estimate of drug-likeness (QED) is 0.535. The van der Waals surface area contributed by atoms with Gasteiger partial charge in [-0.05, 0) is 32.1 Å². The first-order valence-corrected chi connectivity index (χ1v) is 5.63. The maximum atomic E-state index is 11.6. The van der Waals surface area contributed by atoms with Crippen molar-refractivity contribution in [1.29, 1.82) is 0 Å². The Morgan fingerprint density at radius 3 is 2.50 bits per heavy atom. The van der Waals surface area contributed by atoms with E-state index in [0.717, 1.165) is 38.5 Å². The molecule has 1 unspecified atom stereocenters.